The largest absolute Gasteiger partial charge is 0.457 e. The number of rotatable bonds is 2. The quantitative estimate of drug-likeness (QED) is 0.428. The summed E-state index contributed by atoms with van der Waals surface area (Å²) in [5, 5.41) is 0. The van der Waals surface area contributed by atoms with Gasteiger partial charge in [0, 0.05) is 12.8 Å². The van der Waals surface area contributed by atoms with Crippen LogP contribution in [0.3, 0.4) is 0 Å². The normalized spacial score (nSPS) is 25.5. The van der Waals surface area contributed by atoms with Crippen LogP contribution in [0.25, 0.3) is 0 Å². The number of halogens is 3. The molecule has 0 aromatic heterocycles. The second-order valence-electron chi connectivity index (χ2n) is 4.30. The molecule has 0 spiro atoms. The lowest BCUT2D eigenvalue weighted by atomic mass is 9.92. The van der Waals surface area contributed by atoms with E-state index in [4.69, 9.17) is 39.5 Å². The Morgan fingerprint density at radius 2 is 2.06 bits per heavy atom. The number of carbonyl (C=O) groups excluding carboxylic acids is 1. The molecule has 2 nitrogen and oxygen atoms in total. The first kappa shape index (κ1) is 15.1. The summed E-state index contributed by atoms with van der Waals surface area (Å²) in [5.74, 6) is -0.441. The Morgan fingerprint density at radius 3 is 2.65 bits per heavy atom. The van der Waals surface area contributed by atoms with Crippen molar-refractivity contribution < 1.29 is 9.53 Å². The molecule has 17 heavy (non-hydrogen) atoms. The van der Waals surface area contributed by atoms with Crippen LogP contribution in [-0.4, -0.2) is 15.9 Å². The van der Waals surface area contributed by atoms with Crippen molar-refractivity contribution in [3.63, 3.8) is 0 Å². The zero-order chi connectivity index (χ0) is 12.9. The lowest BCUT2D eigenvalue weighted by molar-refractivity contribution is -0.148. The molecule has 0 radical (unpaired) electrons. The standard InChI is InChI=1S/C12H17Cl3O2/c1-9(16)17-11(12(13,14)15)10-7-5-3-2-4-6-8-10/h5,7,10-11H,2-4,6,8H2,1H3/b7-5-. The van der Waals surface area contributed by atoms with E-state index < -0.39 is 15.9 Å². The van der Waals surface area contributed by atoms with Crippen molar-refractivity contribution in [1.29, 1.82) is 0 Å². The second-order valence-corrected chi connectivity index (χ2v) is 6.67. The Balaban J connectivity index is 2.79. The molecule has 0 amide bonds. The summed E-state index contributed by atoms with van der Waals surface area (Å²) < 4.78 is 3.58. The zero-order valence-corrected chi connectivity index (χ0v) is 12.1. The molecule has 1 aliphatic carbocycles. The number of ether oxygens (including phenoxy) is 1. The van der Waals surface area contributed by atoms with E-state index in [1.54, 1.807) is 0 Å². The molecule has 1 aliphatic rings. The smallest absolute Gasteiger partial charge is 0.303 e. The average Bonchev–Trinajstić information content (AvgIpc) is 2.12. The number of allylic oxidation sites excluding steroid dienone is 1. The Hall–Kier alpha value is 0.0800. The summed E-state index contributed by atoms with van der Waals surface area (Å²) in [7, 11) is 0. The number of alkyl halides is 3. The van der Waals surface area contributed by atoms with E-state index >= 15 is 0 Å². The highest BCUT2D eigenvalue weighted by Crippen LogP contribution is 2.39. The van der Waals surface area contributed by atoms with E-state index in [0.717, 1.165) is 25.7 Å². The van der Waals surface area contributed by atoms with Gasteiger partial charge in [-0.15, -0.1) is 0 Å². The molecular weight excluding hydrogens is 282 g/mol. The molecule has 1 rings (SSSR count). The Labute approximate surface area is 117 Å². The van der Waals surface area contributed by atoms with E-state index in [1.807, 2.05) is 6.08 Å². The minimum atomic E-state index is -1.58. The zero-order valence-electron chi connectivity index (χ0n) is 9.80. The van der Waals surface area contributed by atoms with Gasteiger partial charge < -0.3 is 4.74 Å². The van der Waals surface area contributed by atoms with Crippen LogP contribution >= 0.6 is 34.8 Å². The molecule has 0 aromatic rings. The van der Waals surface area contributed by atoms with Gasteiger partial charge in [0.2, 0.25) is 3.79 Å². The summed E-state index contributed by atoms with van der Waals surface area (Å²) >= 11 is 17.7. The van der Waals surface area contributed by atoms with Gasteiger partial charge in [-0.3, -0.25) is 4.79 Å². The molecule has 0 heterocycles. The van der Waals surface area contributed by atoms with Crippen molar-refractivity contribution in [2.24, 2.45) is 5.92 Å². The van der Waals surface area contributed by atoms with Crippen LogP contribution in [0.4, 0.5) is 0 Å². The van der Waals surface area contributed by atoms with Crippen LogP contribution in [-0.2, 0) is 9.53 Å². The van der Waals surface area contributed by atoms with E-state index in [9.17, 15) is 4.79 Å². The van der Waals surface area contributed by atoms with Crippen LogP contribution < -0.4 is 0 Å². The summed E-state index contributed by atoms with van der Waals surface area (Å²) in [4.78, 5) is 11.1. The highest BCUT2D eigenvalue weighted by atomic mass is 35.6. The first-order valence-corrected chi connectivity index (χ1v) is 6.95. The summed E-state index contributed by atoms with van der Waals surface area (Å²) in [6.45, 7) is 1.33. The fraction of sp³-hybridized carbons (Fsp3) is 0.750. The average molecular weight is 300 g/mol. The number of carbonyl (C=O) groups is 1. The topological polar surface area (TPSA) is 26.3 Å². The van der Waals surface area contributed by atoms with Crippen LogP contribution in [0.15, 0.2) is 12.2 Å². The van der Waals surface area contributed by atoms with Gasteiger partial charge in [0.05, 0.1) is 0 Å². The van der Waals surface area contributed by atoms with E-state index in [1.165, 1.54) is 13.3 Å². The summed E-state index contributed by atoms with van der Waals surface area (Å²) in [6, 6.07) is 0. The summed E-state index contributed by atoms with van der Waals surface area (Å²) in [6.07, 6.45) is 8.70. The maximum absolute atomic E-state index is 11.1. The van der Waals surface area contributed by atoms with Gasteiger partial charge in [-0.1, -0.05) is 59.8 Å². The number of hydrogen-bond acceptors (Lipinski definition) is 2. The van der Waals surface area contributed by atoms with E-state index in [-0.39, 0.29) is 5.92 Å². The predicted molar refractivity (Wildman–Crippen MR) is 71.6 cm³/mol. The molecular formula is C12H17Cl3O2. The Bertz CT molecular complexity index is 284. The Morgan fingerprint density at radius 1 is 1.35 bits per heavy atom. The minimum Gasteiger partial charge on any atom is -0.457 e. The van der Waals surface area contributed by atoms with Crippen molar-refractivity contribution >= 4 is 40.8 Å². The molecule has 2 atom stereocenters. The molecule has 0 aromatic carbocycles. The molecule has 0 fully saturated rings. The van der Waals surface area contributed by atoms with Crippen molar-refractivity contribution in [2.75, 3.05) is 0 Å². The van der Waals surface area contributed by atoms with Crippen molar-refractivity contribution in [3.05, 3.63) is 12.2 Å². The first-order valence-electron chi connectivity index (χ1n) is 5.82. The third kappa shape index (κ3) is 5.50. The van der Waals surface area contributed by atoms with Crippen LogP contribution in [0.1, 0.15) is 39.0 Å². The molecule has 0 N–H and O–H groups in total. The molecule has 98 valence electrons. The number of esters is 1. The predicted octanol–water partition coefficient (Wildman–Crippen LogP) is 4.42. The van der Waals surface area contributed by atoms with Gasteiger partial charge in [-0.2, -0.15) is 0 Å². The highest BCUT2D eigenvalue weighted by Gasteiger charge is 2.40. The summed E-state index contributed by atoms with van der Waals surface area (Å²) in [5.41, 5.74) is 0. The highest BCUT2D eigenvalue weighted by molar-refractivity contribution is 6.68. The lowest BCUT2D eigenvalue weighted by Gasteiger charge is -2.30. The van der Waals surface area contributed by atoms with Gasteiger partial charge >= 0.3 is 5.97 Å². The van der Waals surface area contributed by atoms with Gasteiger partial charge in [0.25, 0.3) is 0 Å². The van der Waals surface area contributed by atoms with E-state index in [0.29, 0.717) is 0 Å². The Kier molecular flexibility index (Phi) is 6.11. The van der Waals surface area contributed by atoms with Crippen LogP contribution in [0, 0.1) is 5.92 Å². The van der Waals surface area contributed by atoms with Crippen molar-refractivity contribution in [3.8, 4) is 0 Å². The molecule has 0 bridgehead atoms. The van der Waals surface area contributed by atoms with Gasteiger partial charge in [-0.05, 0) is 19.3 Å². The maximum atomic E-state index is 11.1. The maximum Gasteiger partial charge on any atom is 0.303 e. The molecule has 0 aliphatic heterocycles. The van der Waals surface area contributed by atoms with Crippen molar-refractivity contribution in [2.45, 2.75) is 48.9 Å². The lowest BCUT2D eigenvalue weighted by Crippen LogP contribution is -2.37. The van der Waals surface area contributed by atoms with E-state index in [2.05, 4.69) is 6.08 Å². The third-order valence-corrected chi connectivity index (χ3v) is 3.44. The molecule has 5 heteroatoms. The third-order valence-electron chi connectivity index (χ3n) is 2.80. The van der Waals surface area contributed by atoms with Gasteiger partial charge in [0.1, 0.15) is 0 Å². The fourth-order valence-electron chi connectivity index (χ4n) is 2.01. The SMILES string of the molecule is CC(=O)OC(C1/C=C\CCCCC1)C(Cl)(Cl)Cl. The van der Waals surface area contributed by atoms with Crippen molar-refractivity contribution in [1.82, 2.24) is 0 Å². The molecule has 2 unspecified atom stereocenters. The minimum absolute atomic E-state index is 0.0216. The van der Waals surface area contributed by atoms with Crippen LogP contribution in [0.2, 0.25) is 0 Å². The first-order chi connectivity index (χ1) is 7.91. The van der Waals surface area contributed by atoms with Gasteiger partial charge in [0.15, 0.2) is 6.10 Å². The monoisotopic (exact) mass is 298 g/mol. The molecule has 0 saturated heterocycles. The van der Waals surface area contributed by atoms with Crippen LogP contribution in [0.5, 0.6) is 0 Å². The van der Waals surface area contributed by atoms with Gasteiger partial charge in [-0.25, -0.2) is 0 Å². The molecule has 0 saturated carbocycles. The fourth-order valence-corrected chi connectivity index (χ4v) is 2.63. The number of hydrogen-bond donors (Lipinski definition) is 0. The second kappa shape index (κ2) is 6.86.